The summed E-state index contributed by atoms with van der Waals surface area (Å²) >= 11 is 0. The highest BCUT2D eigenvalue weighted by molar-refractivity contribution is 7.67. The van der Waals surface area contributed by atoms with Crippen LogP contribution in [0, 0.1) is 6.92 Å². The summed E-state index contributed by atoms with van der Waals surface area (Å²) in [5, 5.41) is 0.308. The predicted octanol–water partition coefficient (Wildman–Crippen LogP) is 2.76. The molecular formula is C17H24N3O3P. The lowest BCUT2D eigenvalue weighted by Gasteiger charge is -2.27. The minimum absolute atomic E-state index is 0.134. The third kappa shape index (κ3) is 3.77. The second-order valence-corrected chi connectivity index (χ2v) is 7.74. The Morgan fingerprint density at radius 1 is 1.25 bits per heavy atom. The van der Waals surface area contributed by atoms with Gasteiger partial charge in [0.2, 0.25) is 5.95 Å². The maximum atomic E-state index is 12.9. The lowest BCUT2D eigenvalue weighted by Crippen LogP contribution is -2.30. The number of unbranched alkanes of at least 4 members (excludes halogenated alkanes) is 1. The highest BCUT2D eigenvalue weighted by atomic mass is 31.2. The van der Waals surface area contributed by atoms with Crippen LogP contribution in [0.5, 0.6) is 0 Å². The molecule has 0 saturated heterocycles. The molecule has 0 fully saturated rings. The largest absolute Gasteiger partial charge is 0.326 e. The molecule has 2 rings (SSSR count). The maximum Gasteiger partial charge on any atom is 0.326 e. The van der Waals surface area contributed by atoms with Crippen molar-refractivity contribution < 1.29 is 9.46 Å². The van der Waals surface area contributed by atoms with Crippen LogP contribution in [-0.2, 0) is 11.0 Å². The molecule has 1 unspecified atom stereocenters. The molecule has 0 aliphatic rings. The Morgan fingerprint density at radius 2 is 1.92 bits per heavy atom. The second kappa shape index (κ2) is 7.77. The number of hydrogen-bond acceptors (Lipinski definition) is 3. The Morgan fingerprint density at radius 3 is 2.46 bits per heavy atom. The second-order valence-electron chi connectivity index (χ2n) is 5.65. The number of aryl methyl sites for hydroxylation is 1. The zero-order chi connectivity index (χ0) is 17.7. The van der Waals surface area contributed by atoms with Crippen LogP contribution in [0.25, 0.3) is 0 Å². The van der Waals surface area contributed by atoms with Crippen LogP contribution in [0.1, 0.15) is 37.9 Å². The number of aromatic nitrogens is 2. The molecule has 24 heavy (non-hydrogen) atoms. The van der Waals surface area contributed by atoms with Crippen LogP contribution < -0.4 is 15.5 Å². The van der Waals surface area contributed by atoms with Gasteiger partial charge >= 0.3 is 7.52 Å². The molecule has 1 aromatic carbocycles. The first-order valence-electron chi connectivity index (χ1n) is 8.18. The average molecular weight is 349 g/mol. The van der Waals surface area contributed by atoms with Crippen LogP contribution in [0.2, 0.25) is 0 Å². The summed E-state index contributed by atoms with van der Waals surface area (Å²) in [6.45, 7) is 5.83. The fourth-order valence-electron chi connectivity index (χ4n) is 2.60. The first kappa shape index (κ1) is 18.4. The van der Waals surface area contributed by atoms with Crippen molar-refractivity contribution in [3.05, 3.63) is 51.9 Å². The van der Waals surface area contributed by atoms with E-state index in [-0.39, 0.29) is 18.1 Å². The molecule has 7 heteroatoms. The molecule has 2 N–H and O–H groups in total. The van der Waals surface area contributed by atoms with Crippen molar-refractivity contribution >= 4 is 18.8 Å². The topological polar surface area (TPSA) is 86.3 Å². The molecular weight excluding hydrogens is 325 g/mol. The van der Waals surface area contributed by atoms with Crippen molar-refractivity contribution in [3.63, 3.8) is 0 Å². The number of aromatic amines is 1. The molecule has 1 heterocycles. The summed E-state index contributed by atoms with van der Waals surface area (Å²) in [6, 6.07) is 8.41. The predicted molar refractivity (Wildman–Crippen MR) is 97.1 cm³/mol. The van der Waals surface area contributed by atoms with E-state index in [1.54, 1.807) is 44.2 Å². The Labute approximate surface area is 142 Å². The number of hydrogen-bond donors (Lipinski definition) is 2. The number of benzene rings is 1. The molecule has 1 aromatic heterocycles. The normalized spacial score (nSPS) is 13.5. The Kier molecular flexibility index (Phi) is 5.97. The molecule has 1 atom stereocenters. The highest BCUT2D eigenvalue weighted by Gasteiger charge is 2.31. The van der Waals surface area contributed by atoms with Gasteiger partial charge < -0.3 is 4.89 Å². The molecule has 0 aliphatic carbocycles. The van der Waals surface area contributed by atoms with Gasteiger partial charge in [0.25, 0.3) is 5.56 Å². The van der Waals surface area contributed by atoms with Gasteiger partial charge in [0, 0.05) is 17.8 Å². The molecule has 0 amide bonds. The number of nitrogens with zero attached hydrogens (tertiary/aromatic N) is 2. The summed E-state index contributed by atoms with van der Waals surface area (Å²) in [7, 11) is -3.85. The molecule has 0 saturated carbocycles. The number of rotatable bonds is 7. The van der Waals surface area contributed by atoms with E-state index in [1.807, 2.05) is 0 Å². The van der Waals surface area contributed by atoms with E-state index < -0.39 is 7.52 Å². The van der Waals surface area contributed by atoms with E-state index in [1.165, 1.54) is 4.67 Å². The molecule has 0 radical (unpaired) electrons. The van der Waals surface area contributed by atoms with Crippen LogP contribution in [0.15, 0.2) is 35.1 Å². The van der Waals surface area contributed by atoms with Crippen LogP contribution in [0.3, 0.4) is 0 Å². The monoisotopic (exact) mass is 349 g/mol. The van der Waals surface area contributed by atoms with Gasteiger partial charge in [-0.25, -0.2) is 4.98 Å². The Balaban J connectivity index is 2.45. The average Bonchev–Trinajstić information content (AvgIpc) is 2.55. The Bertz CT molecular complexity index is 789. The van der Waals surface area contributed by atoms with Gasteiger partial charge in [0.05, 0.1) is 5.30 Å². The fourth-order valence-corrected chi connectivity index (χ4v) is 4.17. The van der Waals surface area contributed by atoms with Crippen molar-refractivity contribution in [1.29, 1.82) is 0 Å². The van der Waals surface area contributed by atoms with E-state index in [0.29, 0.717) is 23.0 Å². The summed E-state index contributed by atoms with van der Waals surface area (Å²) in [5.41, 5.74) is 1.01. The standard InChI is InChI=1S/C17H24N3O3P/c1-4-6-12-15-13(3)18-17(19-16(15)21)20(5-2)24(22,23)14-10-8-7-9-11-14/h7-11H,4-6,12H2,1-3H3,(H,22,23)(H,18,19,21). The van der Waals surface area contributed by atoms with Gasteiger partial charge in [0.15, 0.2) is 0 Å². The molecule has 0 aliphatic heterocycles. The van der Waals surface area contributed by atoms with Gasteiger partial charge in [-0.15, -0.1) is 0 Å². The Hall–Kier alpha value is -1.91. The van der Waals surface area contributed by atoms with Gasteiger partial charge in [-0.05, 0) is 38.8 Å². The van der Waals surface area contributed by atoms with Crippen molar-refractivity contribution in [2.75, 3.05) is 11.2 Å². The van der Waals surface area contributed by atoms with E-state index in [9.17, 15) is 14.3 Å². The van der Waals surface area contributed by atoms with Crippen LogP contribution in [0.4, 0.5) is 5.95 Å². The van der Waals surface area contributed by atoms with Crippen molar-refractivity contribution in [3.8, 4) is 0 Å². The maximum absolute atomic E-state index is 12.9. The lowest BCUT2D eigenvalue weighted by atomic mass is 10.1. The quantitative estimate of drug-likeness (QED) is 0.751. The SMILES string of the molecule is CCCCc1c(C)nc(N(CC)P(=O)(O)c2ccccc2)[nH]c1=O. The lowest BCUT2D eigenvalue weighted by molar-refractivity contribution is 0.484. The van der Waals surface area contributed by atoms with Gasteiger partial charge in [-0.2, -0.15) is 0 Å². The first-order valence-corrected chi connectivity index (χ1v) is 9.79. The summed E-state index contributed by atoms with van der Waals surface area (Å²) < 4.78 is 14.2. The number of anilines is 1. The molecule has 0 spiro atoms. The van der Waals surface area contributed by atoms with Crippen molar-refractivity contribution in [2.24, 2.45) is 0 Å². The minimum atomic E-state index is -3.85. The highest BCUT2D eigenvalue weighted by Crippen LogP contribution is 2.45. The smallest absolute Gasteiger partial charge is 0.326 e. The minimum Gasteiger partial charge on any atom is -0.326 e. The van der Waals surface area contributed by atoms with Crippen molar-refractivity contribution in [2.45, 2.75) is 40.0 Å². The zero-order valence-electron chi connectivity index (χ0n) is 14.3. The van der Waals surface area contributed by atoms with E-state index in [0.717, 1.165) is 12.8 Å². The summed E-state index contributed by atoms with van der Waals surface area (Å²) in [4.78, 5) is 30.0. The third-order valence-corrected chi connectivity index (χ3v) is 6.05. The van der Waals surface area contributed by atoms with Gasteiger partial charge in [-0.1, -0.05) is 31.5 Å². The molecule has 130 valence electrons. The first-order chi connectivity index (χ1) is 11.4. The van der Waals surface area contributed by atoms with E-state index in [2.05, 4.69) is 16.9 Å². The molecule has 2 aromatic rings. The summed E-state index contributed by atoms with van der Waals surface area (Å²) in [5.74, 6) is 0.134. The van der Waals surface area contributed by atoms with Crippen LogP contribution in [-0.4, -0.2) is 21.4 Å². The van der Waals surface area contributed by atoms with E-state index in [4.69, 9.17) is 0 Å². The third-order valence-electron chi connectivity index (χ3n) is 3.95. The zero-order valence-corrected chi connectivity index (χ0v) is 15.2. The van der Waals surface area contributed by atoms with Crippen LogP contribution >= 0.6 is 7.52 Å². The van der Waals surface area contributed by atoms with Crippen molar-refractivity contribution in [1.82, 2.24) is 9.97 Å². The van der Waals surface area contributed by atoms with E-state index >= 15 is 0 Å². The number of nitrogens with one attached hydrogen (secondary N) is 1. The summed E-state index contributed by atoms with van der Waals surface area (Å²) in [6.07, 6.45) is 2.55. The van der Waals surface area contributed by atoms with Gasteiger partial charge in [-0.3, -0.25) is 19.0 Å². The number of H-pyrrole nitrogens is 1. The molecule has 6 nitrogen and oxygen atoms in total. The van der Waals surface area contributed by atoms with Gasteiger partial charge in [0.1, 0.15) is 0 Å². The molecule has 0 bridgehead atoms. The fraction of sp³-hybridized carbons (Fsp3) is 0.412.